The Morgan fingerprint density at radius 3 is 2.66 bits per heavy atom. The molecular formula is C28H25N3O3S. The summed E-state index contributed by atoms with van der Waals surface area (Å²) >= 11 is 1.56. The fourth-order valence-electron chi connectivity index (χ4n) is 4.10. The SMILES string of the molecule is Cc1ccc(C)c(NC(=O)C(C)N2C(=O)COc3ccc(-c4csc(-c5ccccc5)n4)cc32)c1. The van der Waals surface area contributed by atoms with Crippen molar-refractivity contribution in [2.45, 2.75) is 26.8 Å². The highest BCUT2D eigenvalue weighted by Gasteiger charge is 2.33. The summed E-state index contributed by atoms with van der Waals surface area (Å²) in [5.41, 5.74) is 6.04. The minimum absolute atomic E-state index is 0.109. The molecule has 6 nitrogen and oxygen atoms in total. The van der Waals surface area contributed by atoms with E-state index in [4.69, 9.17) is 9.72 Å². The second-order valence-corrected chi connectivity index (χ2v) is 9.48. The minimum Gasteiger partial charge on any atom is -0.482 e. The van der Waals surface area contributed by atoms with Crippen molar-refractivity contribution in [1.82, 2.24) is 4.98 Å². The highest BCUT2D eigenvalue weighted by atomic mass is 32.1. The zero-order chi connectivity index (χ0) is 24.5. The Morgan fingerprint density at radius 1 is 1.06 bits per heavy atom. The smallest absolute Gasteiger partial charge is 0.265 e. The number of benzene rings is 3. The number of aromatic nitrogens is 1. The number of aryl methyl sites for hydroxylation is 2. The fraction of sp³-hybridized carbons (Fsp3) is 0.179. The Kier molecular flexibility index (Phi) is 6.09. The van der Waals surface area contributed by atoms with Crippen LogP contribution in [0.4, 0.5) is 11.4 Å². The van der Waals surface area contributed by atoms with E-state index in [1.807, 2.05) is 86.0 Å². The molecule has 5 rings (SSSR count). The number of rotatable bonds is 5. The van der Waals surface area contributed by atoms with Gasteiger partial charge in [-0.15, -0.1) is 11.3 Å². The van der Waals surface area contributed by atoms with Gasteiger partial charge in [0, 0.05) is 22.2 Å². The van der Waals surface area contributed by atoms with E-state index < -0.39 is 6.04 Å². The molecule has 1 aliphatic rings. The van der Waals surface area contributed by atoms with Gasteiger partial charge in [-0.2, -0.15) is 0 Å². The van der Waals surface area contributed by atoms with Gasteiger partial charge < -0.3 is 10.1 Å². The molecule has 1 unspecified atom stereocenters. The maximum atomic E-state index is 13.2. The van der Waals surface area contributed by atoms with Gasteiger partial charge in [-0.1, -0.05) is 42.5 Å². The molecular weight excluding hydrogens is 458 g/mol. The zero-order valence-electron chi connectivity index (χ0n) is 19.7. The number of thiazole rings is 1. The lowest BCUT2D eigenvalue weighted by molar-refractivity contribution is -0.125. The second kappa shape index (κ2) is 9.35. The number of fused-ring (bicyclic) bond motifs is 1. The monoisotopic (exact) mass is 483 g/mol. The van der Waals surface area contributed by atoms with Crippen LogP contribution in [-0.4, -0.2) is 29.4 Å². The average molecular weight is 484 g/mol. The molecule has 3 aromatic carbocycles. The van der Waals surface area contributed by atoms with Crippen LogP contribution in [-0.2, 0) is 9.59 Å². The Bertz CT molecular complexity index is 1410. The van der Waals surface area contributed by atoms with Crippen LogP contribution in [0.2, 0.25) is 0 Å². The molecule has 35 heavy (non-hydrogen) atoms. The number of nitrogens with zero attached hydrogens (tertiary/aromatic N) is 2. The van der Waals surface area contributed by atoms with Crippen LogP contribution in [0.15, 0.2) is 72.1 Å². The molecule has 0 saturated heterocycles. The molecule has 1 aliphatic heterocycles. The lowest BCUT2D eigenvalue weighted by Crippen LogP contribution is -2.49. The van der Waals surface area contributed by atoms with Gasteiger partial charge in [0.2, 0.25) is 5.91 Å². The van der Waals surface area contributed by atoms with Gasteiger partial charge >= 0.3 is 0 Å². The van der Waals surface area contributed by atoms with E-state index in [-0.39, 0.29) is 18.4 Å². The Labute approximate surface area is 208 Å². The van der Waals surface area contributed by atoms with Gasteiger partial charge in [0.15, 0.2) is 6.61 Å². The molecule has 0 radical (unpaired) electrons. The third kappa shape index (κ3) is 4.55. The first-order chi connectivity index (χ1) is 16.9. The van der Waals surface area contributed by atoms with Crippen molar-refractivity contribution in [2.24, 2.45) is 0 Å². The van der Waals surface area contributed by atoms with Crippen LogP contribution >= 0.6 is 11.3 Å². The number of carbonyl (C=O) groups is 2. The van der Waals surface area contributed by atoms with Crippen LogP contribution in [0, 0.1) is 13.8 Å². The predicted molar refractivity (Wildman–Crippen MR) is 140 cm³/mol. The van der Waals surface area contributed by atoms with Crippen molar-refractivity contribution >= 4 is 34.5 Å². The number of ether oxygens (including phenoxy) is 1. The van der Waals surface area contributed by atoms with Crippen LogP contribution in [0.1, 0.15) is 18.1 Å². The standard InChI is InChI=1S/C28H25N3O3S/c1-17-9-10-18(2)22(13-17)29-27(33)19(3)31-24-14-21(11-12-25(24)34-15-26(31)32)23-16-35-28(30-23)20-7-5-4-6-8-20/h4-14,16,19H,15H2,1-3H3,(H,29,33). The number of hydrogen-bond donors (Lipinski definition) is 1. The lowest BCUT2D eigenvalue weighted by Gasteiger charge is -2.33. The van der Waals surface area contributed by atoms with Gasteiger partial charge in [0.05, 0.1) is 11.4 Å². The minimum atomic E-state index is -0.726. The highest BCUT2D eigenvalue weighted by Crippen LogP contribution is 2.38. The van der Waals surface area contributed by atoms with Gasteiger partial charge in [-0.3, -0.25) is 14.5 Å². The summed E-state index contributed by atoms with van der Waals surface area (Å²) in [7, 11) is 0. The van der Waals surface area contributed by atoms with Crippen molar-refractivity contribution in [3.8, 4) is 27.6 Å². The summed E-state index contributed by atoms with van der Waals surface area (Å²) in [6.45, 7) is 5.54. The molecule has 4 aromatic rings. The fourth-order valence-corrected chi connectivity index (χ4v) is 4.93. The largest absolute Gasteiger partial charge is 0.482 e. The van der Waals surface area contributed by atoms with Crippen LogP contribution < -0.4 is 15.0 Å². The topological polar surface area (TPSA) is 71.5 Å². The molecule has 2 amide bonds. The van der Waals surface area contributed by atoms with E-state index in [0.717, 1.165) is 38.6 Å². The maximum absolute atomic E-state index is 13.2. The van der Waals surface area contributed by atoms with E-state index in [0.29, 0.717) is 11.4 Å². The number of nitrogens with one attached hydrogen (secondary N) is 1. The number of amides is 2. The van der Waals surface area contributed by atoms with E-state index in [1.54, 1.807) is 18.3 Å². The van der Waals surface area contributed by atoms with Crippen LogP contribution in [0.5, 0.6) is 5.75 Å². The molecule has 0 fully saturated rings. The predicted octanol–water partition coefficient (Wildman–Crippen LogP) is 5.85. The normalized spacial score (nSPS) is 13.7. The second-order valence-electron chi connectivity index (χ2n) is 8.62. The molecule has 0 spiro atoms. The molecule has 0 bridgehead atoms. The third-order valence-corrected chi connectivity index (χ3v) is 6.97. The third-order valence-electron chi connectivity index (χ3n) is 6.08. The summed E-state index contributed by atoms with van der Waals surface area (Å²) in [5.74, 6) is 0.0464. The lowest BCUT2D eigenvalue weighted by atomic mass is 10.1. The zero-order valence-corrected chi connectivity index (χ0v) is 20.6. The molecule has 0 saturated carbocycles. The quantitative estimate of drug-likeness (QED) is 0.387. The summed E-state index contributed by atoms with van der Waals surface area (Å²) in [6, 6.07) is 20.8. The summed E-state index contributed by atoms with van der Waals surface area (Å²) in [5, 5.41) is 5.90. The van der Waals surface area contributed by atoms with Gasteiger partial charge in [-0.05, 0) is 56.2 Å². The van der Waals surface area contributed by atoms with E-state index >= 15 is 0 Å². The molecule has 0 aliphatic carbocycles. The Morgan fingerprint density at radius 2 is 1.86 bits per heavy atom. The first-order valence-corrected chi connectivity index (χ1v) is 12.3. The summed E-state index contributed by atoms with van der Waals surface area (Å²) in [4.78, 5) is 32.4. The van der Waals surface area contributed by atoms with Gasteiger partial charge in [-0.25, -0.2) is 4.98 Å². The van der Waals surface area contributed by atoms with E-state index in [9.17, 15) is 9.59 Å². The molecule has 176 valence electrons. The number of anilines is 2. The molecule has 2 heterocycles. The van der Waals surface area contributed by atoms with Gasteiger partial charge in [0.25, 0.3) is 5.91 Å². The molecule has 7 heteroatoms. The van der Waals surface area contributed by atoms with Crippen LogP contribution in [0.25, 0.3) is 21.8 Å². The number of carbonyl (C=O) groups excluding carboxylic acids is 2. The maximum Gasteiger partial charge on any atom is 0.265 e. The van der Waals surface area contributed by atoms with Crippen molar-refractivity contribution in [3.05, 3.63) is 83.2 Å². The Balaban J connectivity index is 1.45. The summed E-state index contributed by atoms with van der Waals surface area (Å²) < 4.78 is 5.67. The van der Waals surface area contributed by atoms with Crippen molar-refractivity contribution in [3.63, 3.8) is 0 Å². The first kappa shape index (κ1) is 22.8. The Hall–Kier alpha value is -3.97. The molecule has 1 atom stereocenters. The van der Waals surface area contributed by atoms with E-state index in [1.165, 1.54) is 4.90 Å². The molecule has 1 aromatic heterocycles. The highest BCUT2D eigenvalue weighted by molar-refractivity contribution is 7.13. The van der Waals surface area contributed by atoms with Gasteiger partial charge in [0.1, 0.15) is 16.8 Å². The van der Waals surface area contributed by atoms with E-state index in [2.05, 4.69) is 5.32 Å². The molecule has 1 N–H and O–H groups in total. The van der Waals surface area contributed by atoms with Crippen LogP contribution in [0.3, 0.4) is 0 Å². The van der Waals surface area contributed by atoms with Crippen molar-refractivity contribution in [2.75, 3.05) is 16.8 Å². The summed E-state index contributed by atoms with van der Waals surface area (Å²) in [6.07, 6.45) is 0. The first-order valence-electron chi connectivity index (χ1n) is 11.4. The number of hydrogen-bond acceptors (Lipinski definition) is 5. The van der Waals surface area contributed by atoms with Crippen molar-refractivity contribution in [1.29, 1.82) is 0 Å². The van der Waals surface area contributed by atoms with Crippen molar-refractivity contribution < 1.29 is 14.3 Å². The average Bonchev–Trinajstić information content (AvgIpc) is 3.36.